The normalized spacial score (nSPS) is 16.6. The molecule has 1 aromatic heterocycles. The molecule has 5 rings (SSSR count). The van der Waals surface area contributed by atoms with Crippen molar-refractivity contribution in [2.45, 2.75) is 64.8 Å². The second-order valence-electron chi connectivity index (χ2n) is 12.2. The van der Waals surface area contributed by atoms with Gasteiger partial charge in [0, 0.05) is 47.9 Å². The van der Waals surface area contributed by atoms with Crippen LogP contribution in [0, 0.1) is 5.41 Å². The molecular formula is C32H43N5O4. The van der Waals surface area contributed by atoms with E-state index in [9.17, 15) is 14.4 Å². The summed E-state index contributed by atoms with van der Waals surface area (Å²) in [6.07, 6.45) is 6.30. The van der Waals surface area contributed by atoms with Crippen LogP contribution in [0.2, 0.25) is 0 Å². The van der Waals surface area contributed by atoms with Crippen LogP contribution in [-0.4, -0.2) is 65.7 Å². The SMILES string of the molecule is CC1(C)CC(=O)n2c(c(-c3ccc(C(N)=O)c(NC4CCCCC4)c3)c3ccccc32)C1.CN(C)CCNC(=O)O. The largest absolute Gasteiger partial charge is 0.465 e. The van der Waals surface area contributed by atoms with Crippen molar-refractivity contribution in [3.63, 3.8) is 0 Å². The minimum Gasteiger partial charge on any atom is -0.465 e. The van der Waals surface area contributed by atoms with E-state index in [2.05, 4.69) is 36.6 Å². The zero-order chi connectivity index (χ0) is 29.7. The van der Waals surface area contributed by atoms with Crippen molar-refractivity contribution >= 4 is 34.5 Å². The third-order valence-corrected chi connectivity index (χ3v) is 7.87. The first kappa shape index (κ1) is 30.1. The number of benzene rings is 2. The highest BCUT2D eigenvalue weighted by Crippen LogP contribution is 2.43. The molecule has 0 saturated heterocycles. The lowest BCUT2D eigenvalue weighted by Gasteiger charge is -2.30. The van der Waals surface area contributed by atoms with Gasteiger partial charge in [-0.1, -0.05) is 57.4 Å². The van der Waals surface area contributed by atoms with Crippen LogP contribution >= 0.6 is 0 Å². The molecule has 0 atom stereocenters. The second-order valence-corrected chi connectivity index (χ2v) is 12.2. The molecule has 1 aliphatic carbocycles. The number of hydrogen-bond acceptors (Lipinski definition) is 5. The quantitative estimate of drug-likeness (QED) is 0.298. The number of primary amides is 1. The number of carboxylic acid groups (broad SMARTS) is 1. The first-order chi connectivity index (χ1) is 19.5. The highest BCUT2D eigenvalue weighted by Gasteiger charge is 2.35. The summed E-state index contributed by atoms with van der Waals surface area (Å²) in [6.45, 7) is 5.54. The molecule has 2 amide bonds. The highest BCUT2D eigenvalue weighted by molar-refractivity contribution is 6.06. The molecule has 0 radical (unpaired) electrons. The Labute approximate surface area is 242 Å². The Hall–Kier alpha value is -3.85. The van der Waals surface area contributed by atoms with E-state index in [0.717, 1.165) is 59.2 Å². The molecular weight excluding hydrogens is 518 g/mol. The fourth-order valence-corrected chi connectivity index (χ4v) is 5.96. The topological polar surface area (TPSA) is 130 Å². The van der Waals surface area contributed by atoms with Gasteiger partial charge in [0.05, 0.1) is 11.1 Å². The maximum atomic E-state index is 13.1. The molecule has 0 spiro atoms. The summed E-state index contributed by atoms with van der Waals surface area (Å²) in [7, 11) is 3.78. The van der Waals surface area contributed by atoms with Crippen molar-refractivity contribution in [1.82, 2.24) is 14.8 Å². The number of amides is 2. The summed E-state index contributed by atoms with van der Waals surface area (Å²) in [5.74, 6) is -0.275. The Bertz CT molecular complexity index is 1420. The average Bonchev–Trinajstić information content (AvgIpc) is 3.22. The molecule has 9 nitrogen and oxygen atoms in total. The number of nitrogens with one attached hydrogen (secondary N) is 2. The monoisotopic (exact) mass is 561 g/mol. The van der Waals surface area contributed by atoms with E-state index in [-0.39, 0.29) is 11.3 Å². The standard InChI is InChI=1S/C27H31N3O2.C5H12N2O2/c1-27(2)15-23-25(20-10-6-7-11-22(20)30(23)24(31)16-27)17-12-13-19(26(28)32)21(14-17)29-18-8-4-3-5-9-18;1-7(2)4-3-6-5(8)9/h6-7,10-14,18,29H,3-5,8-9,15-16H2,1-2H3,(H2,28,32);6H,3-4H2,1-2H3,(H,8,9). The molecule has 9 heteroatoms. The summed E-state index contributed by atoms with van der Waals surface area (Å²) >= 11 is 0. The van der Waals surface area contributed by atoms with Crippen molar-refractivity contribution in [3.8, 4) is 11.1 Å². The molecule has 41 heavy (non-hydrogen) atoms. The fourth-order valence-electron chi connectivity index (χ4n) is 5.96. The number of fused-ring (bicyclic) bond motifs is 3. The van der Waals surface area contributed by atoms with Crippen molar-refractivity contribution in [2.75, 3.05) is 32.5 Å². The molecule has 5 N–H and O–H groups in total. The number of nitrogens with two attached hydrogens (primary N) is 1. The maximum absolute atomic E-state index is 13.1. The fraction of sp³-hybridized carbons (Fsp3) is 0.469. The lowest BCUT2D eigenvalue weighted by molar-refractivity contribution is 0.0816. The van der Waals surface area contributed by atoms with Crippen LogP contribution in [0.4, 0.5) is 10.5 Å². The van der Waals surface area contributed by atoms with Crippen molar-refractivity contribution in [1.29, 1.82) is 0 Å². The Morgan fingerprint density at radius 2 is 1.78 bits per heavy atom. The molecule has 220 valence electrons. The van der Waals surface area contributed by atoms with E-state index < -0.39 is 12.0 Å². The van der Waals surface area contributed by atoms with Gasteiger partial charge in [0.15, 0.2) is 0 Å². The Kier molecular flexibility index (Phi) is 9.38. The molecule has 2 aliphatic rings. The third kappa shape index (κ3) is 7.27. The summed E-state index contributed by atoms with van der Waals surface area (Å²) in [5.41, 5.74) is 11.1. The summed E-state index contributed by atoms with van der Waals surface area (Å²) in [6, 6.07) is 14.3. The van der Waals surface area contributed by atoms with Gasteiger partial charge in [0.25, 0.3) is 5.91 Å². The van der Waals surface area contributed by atoms with Gasteiger partial charge in [-0.15, -0.1) is 0 Å². The second kappa shape index (κ2) is 12.8. The Balaban J connectivity index is 0.000000374. The van der Waals surface area contributed by atoms with E-state index in [4.69, 9.17) is 10.8 Å². The smallest absolute Gasteiger partial charge is 0.404 e. The number of carbonyl (C=O) groups is 3. The number of likely N-dealkylation sites (N-methyl/N-ethyl adjacent to an activating group) is 1. The lowest BCUT2D eigenvalue weighted by atomic mass is 9.80. The minimum absolute atomic E-state index is 0.0907. The number of nitrogens with zero attached hydrogens (tertiary/aromatic N) is 2. The molecule has 1 saturated carbocycles. The Morgan fingerprint density at radius 3 is 2.44 bits per heavy atom. The molecule has 1 fully saturated rings. The van der Waals surface area contributed by atoms with Gasteiger partial charge in [0.2, 0.25) is 5.91 Å². The summed E-state index contributed by atoms with van der Waals surface area (Å²) in [5, 5.41) is 15.0. The molecule has 2 aromatic carbocycles. The van der Waals surface area contributed by atoms with Gasteiger partial charge in [-0.3, -0.25) is 14.2 Å². The van der Waals surface area contributed by atoms with E-state index >= 15 is 0 Å². The number of rotatable bonds is 7. The number of anilines is 1. The average molecular weight is 562 g/mol. The van der Waals surface area contributed by atoms with Crippen LogP contribution in [0.3, 0.4) is 0 Å². The number of carbonyl (C=O) groups excluding carboxylic acids is 2. The molecule has 0 bridgehead atoms. The van der Waals surface area contributed by atoms with Crippen LogP contribution in [0.1, 0.15) is 73.2 Å². The minimum atomic E-state index is -0.961. The van der Waals surface area contributed by atoms with Gasteiger partial charge >= 0.3 is 6.09 Å². The first-order valence-electron chi connectivity index (χ1n) is 14.4. The van der Waals surface area contributed by atoms with Crippen molar-refractivity contribution < 1.29 is 19.5 Å². The number of hydrogen-bond donors (Lipinski definition) is 4. The van der Waals surface area contributed by atoms with E-state index in [1.165, 1.54) is 19.3 Å². The molecule has 3 aromatic rings. The molecule has 2 heterocycles. The van der Waals surface area contributed by atoms with Gasteiger partial charge < -0.3 is 26.4 Å². The van der Waals surface area contributed by atoms with Gasteiger partial charge in [-0.2, -0.15) is 0 Å². The number of aromatic nitrogens is 1. The van der Waals surface area contributed by atoms with Gasteiger partial charge in [-0.05, 0) is 62.5 Å². The highest BCUT2D eigenvalue weighted by atomic mass is 16.4. The van der Waals surface area contributed by atoms with Gasteiger partial charge in [-0.25, -0.2) is 4.79 Å². The zero-order valence-electron chi connectivity index (χ0n) is 24.6. The van der Waals surface area contributed by atoms with Crippen LogP contribution in [0.25, 0.3) is 22.0 Å². The van der Waals surface area contributed by atoms with Gasteiger partial charge in [0.1, 0.15) is 0 Å². The summed E-state index contributed by atoms with van der Waals surface area (Å²) < 4.78 is 1.91. The van der Waals surface area contributed by atoms with Crippen LogP contribution in [0.15, 0.2) is 42.5 Å². The number of para-hydroxylation sites is 1. The zero-order valence-corrected chi connectivity index (χ0v) is 24.6. The van der Waals surface area contributed by atoms with Crippen LogP contribution in [0.5, 0.6) is 0 Å². The van der Waals surface area contributed by atoms with E-state index in [1.807, 2.05) is 53.9 Å². The maximum Gasteiger partial charge on any atom is 0.404 e. The molecule has 1 aliphatic heterocycles. The lowest BCUT2D eigenvalue weighted by Crippen LogP contribution is -2.31. The van der Waals surface area contributed by atoms with Crippen molar-refractivity contribution in [3.05, 3.63) is 53.7 Å². The third-order valence-electron chi connectivity index (χ3n) is 7.87. The predicted octanol–water partition coefficient (Wildman–Crippen LogP) is 5.58. The Morgan fingerprint density at radius 1 is 1.07 bits per heavy atom. The predicted molar refractivity (Wildman–Crippen MR) is 164 cm³/mol. The first-order valence-corrected chi connectivity index (χ1v) is 14.4. The van der Waals surface area contributed by atoms with E-state index in [0.29, 0.717) is 24.6 Å². The molecule has 0 unspecified atom stereocenters. The van der Waals surface area contributed by atoms with Crippen LogP contribution < -0.4 is 16.4 Å². The van der Waals surface area contributed by atoms with Crippen molar-refractivity contribution in [2.24, 2.45) is 11.1 Å². The van der Waals surface area contributed by atoms with Crippen LogP contribution in [-0.2, 0) is 6.42 Å². The van der Waals surface area contributed by atoms with E-state index in [1.54, 1.807) is 0 Å². The summed E-state index contributed by atoms with van der Waals surface area (Å²) in [4.78, 5) is 37.1.